The van der Waals surface area contributed by atoms with Crippen LogP contribution in [0.25, 0.3) is 0 Å². The summed E-state index contributed by atoms with van der Waals surface area (Å²) in [6.45, 7) is 9.00. The molecule has 0 aliphatic carbocycles. The first kappa shape index (κ1) is 15.5. The van der Waals surface area contributed by atoms with E-state index >= 15 is 0 Å². The maximum absolute atomic E-state index is 13.3. The maximum Gasteiger partial charge on any atom is 0.123 e. The van der Waals surface area contributed by atoms with Crippen molar-refractivity contribution in [2.24, 2.45) is 5.92 Å². The second-order valence-electron chi connectivity index (χ2n) is 5.99. The molecule has 0 amide bonds. The molecule has 1 fully saturated rings. The Morgan fingerprint density at radius 2 is 2.10 bits per heavy atom. The number of nitrogens with zero attached hydrogens (tertiary/aromatic N) is 1. The van der Waals surface area contributed by atoms with Gasteiger partial charge in [-0.15, -0.1) is 0 Å². The van der Waals surface area contributed by atoms with Gasteiger partial charge in [0, 0.05) is 19.1 Å². The fourth-order valence-corrected chi connectivity index (χ4v) is 2.90. The first-order valence-corrected chi connectivity index (χ1v) is 7.90. The summed E-state index contributed by atoms with van der Waals surface area (Å²) in [5, 5.41) is 3.56. The fraction of sp³-hybridized carbons (Fsp3) is 0.647. The number of hydrogen-bond donors (Lipinski definition) is 1. The van der Waals surface area contributed by atoms with Crippen LogP contribution in [-0.4, -0.2) is 31.1 Å². The zero-order valence-corrected chi connectivity index (χ0v) is 12.7. The average Bonchev–Trinajstić information content (AvgIpc) is 2.45. The zero-order valence-electron chi connectivity index (χ0n) is 12.7. The molecule has 0 radical (unpaired) electrons. The van der Waals surface area contributed by atoms with Crippen molar-refractivity contribution in [3.05, 3.63) is 35.6 Å². The van der Waals surface area contributed by atoms with Crippen LogP contribution in [0.3, 0.4) is 0 Å². The van der Waals surface area contributed by atoms with Crippen molar-refractivity contribution >= 4 is 0 Å². The van der Waals surface area contributed by atoms with Gasteiger partial charge in [-0.2, -0.15) is 0 Å². The average molecular weight is 278 g/mol. The summed E-state index contributed by atoms with van der Waals surface area (Å²) in [5.74, 6) is 0.739. The van der Waals surface area contributed by atoms with Gasteiger partial charge >= 0.3 is 0 Å². The van der Waals surface area contributed by atoms with Crippen molar-refractivity contribution in [3.63, 3.8) is 0 Å². The fourth-order valence-electron chi connectivity index (χ4n) is 2.90. The Morgan fingerprint density at radius 1 is 1.35 bits per heavy atom. The van der Waals surface area contributed by atoms with E-state index in [2.05, 4.69) is 24.1 Å². The van der Waals surface area contributed by atoms with Crippen molar-refractivity contribution in [2.75, 3.05) is 26.2 Å². The second-order valence-corrected chi connectivity index (χ2v) is 5.99. The van der Waals surface area contributed by atoms with Crippen LogP contribution in [0.2, 0.25) is 0 Å². The second kappa shape index (κ2) is 7.75. The van der Waals surface area contributed by atoms with E-state index in [9.17, 15) is 4.39 Å². The topological polar surface area (TPSA) is 15.3 Å². The van der Waals surface area contributed by atoms with E-state index in [-0.39, 0.29) is 11.9 Å². The van der Waals surface area contributed by atoms with E-state index in [1.54, 1.807) is 12.1 Å². The van der Waals surface area contributed by atoms with Crippen molar-refractivity contribution in [2.45, 2.75) is 39.2 Å². The Bertz CT molecular complexity index is 400. The maximum atomic E-state index is 13.3. The molecular formula is C17H27FN2. The lowest BCUT2D eigenvalue weighted by atomic mass is 9.99. The van der Waals surface area contributed by atoms with Gasteiger partial charge in [0.2, 0.25) is 0 Å². The molecule has 1 aromatic rings. The van der Waals surface area contributed by atoms with Gasteiger partial charge < -0.3 is 10.2 Å². The van der Waals surface area contributed by atoms with E-state index in [0.717, 1.165) is 31.0 Å². The highest BCUT2D eigenvalue weighted by atomic mass is 19.1. The lowest BCUT2D eigenvalue weighted by Gasteiger charge is -2.30. The van der Waals surface area contributed by atoms with Crippen molar-refractivity contribution in [1.29, 1.82) is 0 Å². The monoisotopic (exact) mass is 278 g/mol. The molecule has 0 bridgehead atoms. The predicted octanol–water partition coefficient (Wildman–Crippen LogP) is 3.60. The quantitative estimate of drug-likeness (QED) is 0.855. The number of halogens is 1. The first-order valence-electron chi connectivity index (χ1n) is 7.90. The molecule has 0 saturated carbocycles. The van der Waals surface area contributed by atoms with Crippen molar-refractivity contribution in [3.8, 4) is 0 Å². The van der Waals surface area contributed by atoms with Crippen molar-refractivity contribution in [1.82, 2.24) is 10.2 Å². The highest BCUT2D eigenvalue weighted by Crippen LogP contribution is 2.18. The highest BCUT2D eigenvalue weighted by Gasteiger charge is 2.15. The molecule has 2 nitrogen and oxygen atoms in total. The van der Waals surface area contributed by atoms with Crippen LogP contribution >= 0.6 is 0 Å². The summed E-state index contributed by atoms with van der Waals surface area (Å²) in [6.07, 6.45) is 3.63. The third-order valence-corrected chi connectivity index (χ3v) is 4.35. The summed E-state index contributed by atoms with van der Waals surface area (Å²) < 4.78 is 13.3. The Kier molecular flexibility index (Phi) is 5.99. The number of rotatable bonds is 6. The molecule has 3 heteroatoms. The molecule has 1 N–H and O–H groups in total. The standard InChI is InChI=1S/C17H27FN2/c1-3-17(15-5-4-6-16(18)13-15)19-9-12-20-10-7-14(2)8-11-20/h4-6,13-14,17,19H,3,7-12H2,1-2H3. The molecule has 1 aliphatic rings. The molecule has 1 aromatic carbocycles. The number of piperidine rings is 1. The normalized spacial score (nSPS) is 19.1. The van der Waals surface area contributed by atoms with Gasteiger partial charge in [0.05, 0.1) is 0 Å². The number of benzene rings is 1. The van der Waals surface area contributed by atoms with E-state index in [4.69, 9.17) is 0 Å². The molecule has 20 heavy (non-hydrogen) atoms. The Morgan fingerprint density at radius 3 is 2.75 bits per heavy atom. The van der Waals surface area contributed by atoms with E-state index in [1.165, 1.54) is 32.0 Å². The van der Waals surface area contributed by atoms with Crippen LogP contribution in [0.5, 0.6) is 0 Å². The Hall–Kier alpha value is -0.930. The third-order valence-electron chi connectivity index (χ3n) is 4.35. The SMILES string of the molecule is CCC(NCCN1CCC(C)CC1)c1cccc(F)c1. The van der Waals surface area contributed by atoms with Crippen LogP contribution < -0.4 is 5.32 Å². The molecule has 1 saturated heterocycles. The highest BCUT2D eigenvalue weighted by molar-refractivity contribution is 5.20. The third kappa shape index (κ3) is 4.57. The summed E-state index contributed by atoms with van der Waals surface area (Å²) >= 11 is 0. The number of hydrogen-bond acceptors (Lipinski definition) is 2. The molecule has 112 valence electrons. The lowest BCUT2D eigenvalue weighted by Crippen LogP contribution is -2.38. The van der Waals surface area contributed by atoms with Crippen LogP contribution in [0.1, 0.15) is 44.7 Å². The smallest absolute Gasteiger partial charge is 0.123 e. The van der Waals surface area contributed by atoms with E-state index in [1.807, 2.05) is 6.07 Å². The molecule has 1 unspecified atom stereocenters. The zero-order chi connectivity index (χ0) is 14.4. The molecule has 0 spiro atoms. The number of nitrogens with one attached hydrogen (secondary N) is 1. The predicted molar refractivity (Wildman–Crippen MR) is 82.3 cm³/mol. The Balaban J connectivity index is 1.76. The van der Waals surface area contributed by atoms with Gasteiger partial charge in [0.15, 0.2) is 0 Å². The summed E-state index contributed by atoms with van der Waals surface area (Å²) in [6, 6.07) is 7.21. The molecule has 0 aromatic heterocycles. The van der Waals surface area contributed by atoms with E-state index in [0.29, 0.717) is 0 Å². The van der Waals surface area contributed by atoms with Gasteiger partial charge in [0.25, 0.3) is 0 Å². The van der Waals surface area contributed by atoms with Gasteiger partial charge in [-0.25, -0.2) is 4.39 Å². The summed E-state index contributed by atoms with van der Waals surface area (Å²) in [7, 11) is 0. The molecule has 2 rings (SSSR count). The minimum atomic E-state index is -0.146. The number of likely N-dealkylation sites (tertiary alicyclic amines) is 1. The summed E-state index contributed by atoms with van der Waals surface area (Å²) in [4.78, 5) is 2.53. The van der Waals surface area contributed by atoms with Crippen molar-refractivity contribution < 1.29 is 4.39 Å². The van der Waals surface area contributed by atoms with Gasteiger partial charge in [-0.1, -0.05) is 26.0 Å². The molecule has 1 heterocycles. The van der Waals surface area contributed by atoms with Crippen LogP contribution in [0.4, 0.5) is 4.39 Å². The van der Waals surface area contributed by atoms with Crippen LogP contribution in [-0.2, 0) is 0 Å². The largest absolute Gasteiger partial charge is 0.309 e. The minimum Gasteiger partial charge on any atom is -0.309 e. The minimum absolute atomic E-state index is 0.146. The molecule has 1 aliphatic heterocycles. The first-order chi connectivity index (χ1) is 9.69. The van der Waals surface area contributed by atoms with Gasteiger partial charge in [-0.3, -0.25) is 0 Å². The van der Waals surface area contributed by atoms with Gasteiger partial charge in [0.1, 0.15) is 5.82 Å². The van der Waals surface area contributed by atoms with Crippen LogP contribution in [0, 0.1) is 11.7 Å². The summed E-state index contributed by atoms with van der Waals surface area (Å²) in [5.41, 5.74) is 1.06. The Labute approximate surface area is 122 Å². The lowest BCUT2D eigenvalue weighted by molar-refractivity contribution is 0.191. The molecule has 1 atom stereocenters. The van der Waals surface area contributed by atoms with E-state index < -0.39 is 0 Å². The molecular weight excluding hydrogens is 251 g/mol. The van der Waals surface area contributed by atoms with Gasteiger partial charge in [-0.05, 0) is 56.0 Å². The van der Waals surface area contributed by atoms with Crippen LogP contribution in [0.15, 0.2) is 24.3 Å².